The van der Waals surface area contributed by atoms with Gasteiger partial charge in [-0.1, -0.05) is 109 Å². The van der Waals surface area contributed by atoms with E-state index in [-0.39, 0.29) is 5.78 Å². The molecule has 4 rings (SSSR count). The van der Waals surface area contributed by atoms with Gasteiger partial charge < -0.3 is 4.74 Å². The summed E-state index contributed by atoms with van der Waals surface area (Å²) in [6.07, 6.45) is -0.407. The Morgan fingerprint density at radius 1 is 0.645 bits per heavy atom. The highest BCUT2D eigenvalue weighted by atomic mass is 16.5. The Hall–Kier alpha value is -3.98. The number of hydrogen-bond donors (Lipinski definition) is 0. The Morgan fingerprint density at radius 2 is 1.19 bits per heavy atom. The summed E-state index contributed by atoms with van der Waals surface area (Å²) in [7, 11) is 0. The van der Waals surface area contributed by atoms with Gasteiger partial charge in [0.1, 0.15) is 0 Å². The summed E-state index contributed by atoms with van der Waals surface area (Å²) in [6, 6.07) is 35.4. The fraction of sp³-hybridized carbons (Fsp3) is 0.0714. The highest BCUT2D eigenvalue weighted by molar-refractivity contribution is 6.02. The van der Waals surface area contributed by atoms with Crippen LogP contribution in [0.1, 0.15) is 43.5 Å². The molecule has 4 aromatic rings. The number of Topliss-reactive ketones (excluding diaryl/α,β-unsaturated/α-hetero) is 1. The lowest BCUT2D eigenvalue weighted by molar-refractivity contribution is 0.0279. The molecule has 0 aliphatic carbocycles. The van der Waals surface area contributed by atoms with E-state index in [4.69, 9.17) is 4.74 Å². The van der Waals surface area contributed by atoms with Crippen molar-refractivity contribution in [3.63, 3.8) is 0 Å². The number of ketones is 1. The smallest absolute Gasteiger partial charge is 0.339 e. The van der Waals surface area contributed by atoms with Crippen molar-refractivity contribution in [3.8, 4) is 0 Å². The van der Waals surface area contributed by atoms with Crippen LogP contribution < -0.4 is 0 Å². The van der Waals surface area contributed by atoms with Gasteiger partial charge in [0.05, 0.1) is 5.56 Å². The van der Waals surface area contributed by atoms with Gasteiger partial charge >= 0.3 is 5.97 Å². The molecule has 0 spiro atoms. The SMILES string of the molecule is O=C(OC(C(=O)c1ccccc1)c1ccccc1)c1ccccc1Cc1ccccc1. The van der Waals surface area contributed by atoms with Crippen molar-refractivity contribution in [2.24, 2.45) is 0 Å². The molecule has 0 bridgehead atoms. The molecule has 31 heavy (non-hydrogen) atoms. The first-order valence-electron chi connectivity index (χ1n) is 10.2. The molecule has 0 N–H and O–H groups in total. The summed E-state index contributed by atoms with van der Waals surface area (Å²) in [5, 5.41) is 0. The van der Waals surface area contributed by atoms with E-state index in [0.29, 0.717) is 23.1 Å². The van der Waals surface area contributed by atoms with Crippen LogP contribution in [0.5, 0.6) is 0 Å². The first-order chi connectivity index (χ1) is 15.2. The van der Waals surface area contributed by atoms with E-state index < -0.39 is 12.1 Å². The second-order valence-electron chi connectivity index (χ2n) is 7.25. The van der Waals surface area contributed by atoms with E-state index in [1.165, 1.54) is 0 Å². The topological polar surface area (TPSA) is 43.4 Å². The summed E-state index contributed by atoms with van der Waals surface area (Å²) < 4.78 is 5.83. The predicted octanol–water partition coefficient (Wildman–Crippen LogP) is 6.06. The molecular formula is C28H22O3. The zero-order valence-electron chi connectivity index (χ0n) is 17.0. The maximum Gasteiger partial charge on any atom is 0.339 e. The molecule has 3 nitrogen and oxygen atoms in total. The average molecular weight is 406 g/mol. The molecule has 0 aliphatic heterocycles. The minimum Gasteiger partial charge on any atom is -0.445 e. The fourth-order valence-electron chi connectivity index (χ4n) is 3.51. The molecule has 3 heteroatoms. The lowest BCUT2D eigenvalue weighted by Gasteiger charge is -2.18. The second kappa shape index (κ2) is 9.68. The lowest BCUT2D eigenvalue weighted by atomic mass is 9.98. The van der Waals surface area contributed by atoms with Gasteiger partial charge in [-0.25, -0.2) is 4.79 Å². The molecule has 0 saturated carbocycles. The lowest BCUT2D eigenvalue weighted by Crippen LogP contribution is -2.21. The van der Waals surface area contributed by atoms with Gasteiger partial charge in [-0.15, -0.1) is 0 Å². The number of hydrogen-bond acceptors (Lipinski definition) is 3. The maximum atomic E-state index is 13.2. The molecule has 1 unspecified atom stereocenters. The molecule has 1 atom stereocenters. The summed E-state index contributed by atoms with van der Waals surface area (Å²) in [6.45, 7) is 0. The largest absolute Gasteiger partial charge is 0.445 e. The van der Waals surface area contributed by atoms with Gasteiger partial charge in [-0.3, -0.25) is 4.79 Å². The molecule has 0 heterocycles. The minimum absolute atomic E-state index is 0.249. The summed E-state index contributed by atoms with van der Waals surface area (Å²) in [4.78, 5) is 26.4. The zero-order chi connectivity index (χ0) is 21.5. The molecule has 152 valence electrons. The maximum absolute atomic E-state index is 13.2. The summed E-state index contributed by atoms with van der Waals surface area (Å²) in [5.74, 6) is -0.759. The Kier molecular flexibility index (Phi) is 6.34. The monoisotopic (exact) mass is 406 g/mol. The normalized spacial score (nSPS) is 11.5. The zero-order valence-corrected chi connectivity index (χ0v) is 17.0. The van der Waals surface area contributed by atoms with Crippen molar-refractivity contribution in [2.75, 3.05) is 0 Å². The van der Waals surface area contributed by atoms with Crippen LogP contribution in [0.2, 0.25) is 0 Å². The van der Waals surface area contributed by atoms with Crippen LogP contribution in [0, 0.1) is 0 Å². The first-order valence-corrected chi connectivity index (χ1v) is 10.2. The van der Waals surface area contributed by atoms with Crippen molar-refractivity contribution >= 4 is 11.8 Å². The fourth-order valence-corrected chi connectivity index (χ4v) is 3.51. The van der Waals surface area contributed by atoms with Gasteiger partial charge in [0.25, 0.3) is 0 Å². The molecule has 0 radical (unpaired) electrons. The standard InChI is InChI=1S/C28H22O3/c29-26(22-14-6-2-7-15-22)27(23-16-8-3-9-17-23)31-28(30)25-19-11-10-18-24(25)20-21-12-4-1-5-13-21/h1-19,27H,20H2. The van der Waals surface area contributed by atoms with E-state index in [2.05, 4.69) is 0 Å². The van der Waals surface area contributed by atoms with Crippen molar-refractivity contribution < 1.29 is 14.3 Å². The third kappa shape index (κ3) is 4.96. The van der Waals surface area contributed by atoms with Crippen molar-refractivity contribution in [1.82, 2.24) is 0 Å². The van der Waals surface area contributed by atoms with Crippen LogP contribution in [0.4, 0.5) is 0 Å². The average Bonchev–Trinajstić information content (AvgIpc) is 2.84. The molecule has 4 aromatic carbocycles. The number of ether oxygens (including phenoxy) is 1. The summed E-state index contributed by atoms with van der Waals surface area (Å²) >= 11 is 0. The second-order valence-corrected chi connectivity index (χ2v) is 7.25. The Morgan fingerprint density at radius 3 is 1.87 bits per heavy atom. The number of rotatable bonds is 7. The number of esters is 1. The highest BCUT2D eigenvalue weighted by Crippen LogP contribution is 2.25. The van der Waals surface area contributed by atoms with E-state index in [1.54, 1.807) is 42.5 Å². The number of carbonyl (C=O) groups excluding carboxylic acids is 2. The van der Waals surface area contributed by atoms with Gasteiger partial charge in [0, 0.05) is 11.1 Å². The number of benzene rings is 4. The van der Waals surface area contributed by atoms with Crippen LogP contribution >= 0.6 is 0 Å². The van der Waals surface area contributed by atoms with E-state index in [9.17, 15) is 9.59 Å². The van der Waals surface area contributed by atoms with Gasteiger partial charge in [0.2, 0.25) is 5.78 Å². The van der Waals surface area contributed by atoms with Crippen molar-refractivity contribution in [2.45, 2.75) is 12.5 Å². The molecular weight excluding hydrogens is 384 g/mol. The quantitative estimate of drug-likeness (QED) is 0.277. The highest BCUT2D eigenvalue weighted by Gasteiger charge is 2.27. The van der Waals surface area contributed by atoms with E-state index in [1.807, 2.05) is 72.8 Å². The van der Waals surface area contributed by atoms with Gasteiger partial charge in [-0.2, -0.15) is 0 Å². The van der Waals surface area contributed by atoms with Gasteiger partial charge in [0.15, 0.2) is 6.10 Å². The Labute approximate surface area is 181 Å². The van der Waals surface area contributed by atoms with Crippen LogP contribution in [0.3, 0.4) is 0 Å². The Bertz CT molecular complexity index is 1150. The minimum atomic E-state index is -1.01. The van der Waals surface area contributed by atoms with Crippen LogP contribution in [0.25, 0.3) is 0 Å². The van der Waals surface area contributed by atoms with Crippen LogP contribution in [-0.4, -0.2) is 11.8 Å². The third-order valence-corrected chi connectivity index (χ3v) is 5.10. The van der Waals surface area contributed by atoms with Crippen LogP contribution in [0.15, 0.2) is 115 Å². The van der Waals surface area contributed by atoms with Gasteiger partial charge in [-0.05, 0) is 23.6 Å². The van der Waals surface area contributed by atoms with Crippen LogP contribution in [-0.2, 0) is 11.2 Å². The Balaban J connectivity index is 1.64. The molecule has 0 amide bonds. The third-order valence-electron chi connectivity index (χ3n) is 5.10. The molecule has 0 fully saturated rings. The predicted molar refractivity (Wildman–Crippen MR) is 121 cm³/mol. The van der Waals surface area contributed by atoms with E-state index in [0.717, 1.165) is 11.1 Å². The molecule has 0 saturated heterocycles. The molecule has 0 aromatic heterocycles. The first kappa shape index (κ1) is 20.3. The van der Waals surface area contributed by atoms with Crippen molar-refractivity contribution in [3.05, 3.63) is 143 Å². The summed E-state index contributed by atoms with van der Waals surface area (Å²) in [5.41, 5.74) is 3.57. The van der Waals surface area contributed by atoms with E-state index >= 15 is 0 Å². The van der Waals surface area contributed by atoms with Crippen molar-refractivity contribution in [1.29, 1.82) is 0 Å². The number of carbonyl (C=O) groups is 2. The molecule has 0 aliphatic rings.